The number of aromatic nitrogens is 2. The van der Waals surface area contributed by atoms with Gasteiger partial charge in [0, 0.05) is 32.4 Å². The lowest BCUT2D eigenvalue weighted by molar-refractivity contribution is 0.0577. The molecule has 130 valence electrons. The number of aliphatic hydroxyl groups is 1. The highest BCUT2D eigenvalue weighted by atomic mass is 16.3. The van der Waals surface area contributed by atoms with E-state index in [1.807, 2.05) is 12.3 Å². The highest BCUT2D eigenvalue weighted by molar-refractivity contribution is 5.45. The lowest BCUT2D eigenvalue weighted by Gasteiger charge is -2.44. The summed E-state index contributed by atoms with van der Waals surface area (Å²) in [5.74, 6) is 5.54. The van der Waals surface area contributed by atoms with Gasteiger partial charge in [-0.3, -0.25) is 0 Å². The van der Waals surface area contributed by atoms with Crippen LogP contribution in [0.4, 0.5) is 11.8 Å². The molecule has 2 saturated heterocycles. The Kier molecular flexibility index (Phi) is 3.65. The minimum atomic E-state index is -0.220. The third-order valence-corrected chi connectivity index (χ3v) is 7.07. The van der Waals surface area contributed by atoms with Crippen LogP contribution < -0.4 is 9.80 Å². The van der Waals surface area contributed by atoms with Crippen LogP contribution in [0.5, 0.6) is 0 Å². The number of β-amino-alcohol motifs (C(OH)–C–C–N with tert-alkyl or cyclic N) is 1. The van der Waals surface area contributed by atoms with E-state index in [4.69, 9.17) is 4.98 Å². The second-order valence-corrected chi connectivity index (χ2v) is 8.36. The van der Waals surface area contributed by atoms with Crippen LogP contribution in [0.2, 0.25) is 0 Å². The van der Waals surface area contributed by atoms with Crippen LogP contribution in [0.1, 0.15) is 38.5 Å². The molecule has 0 spiro atoms. The Morgan fingerprint density at radius 1 is 0.917 bits per heavy atom. The zero-order chi connectivity index (χ0) is 16.1. The smallest absolute Gasteiger partial charge is 0.227 e. The molecule has 5 fully saturated rings. The average molecular weight is 328 g/mol. The molecule has 3 saturated carbocycles. The van der Waals surface area contributed by atoms with Gasteiger partial charge in [-0.1, -0.05) is 0 Å². The van der Waals surface area contributed by atoms with Crippen molar-refractivity contribution in [2.24, 2.45) is 23.7 Å². The van der Waals surface area contributed by atoms with Gasteiger partial charge in [0.05, 0.1) is 6.10 Å². The van der Waals surface area contributed by atoms with Gasteiger partial charge in [-0.15, -0.1) is 0 Å². The summed E-state index contributed by atoms with van der Waals surface area (Å²) in [5, 5.41) is 9.93. The zero-order valence-electron chi connectivity index (χ0n) is 14.3. The van der Waals surface area contributed by atoms with Crippen molar-refractivity contribution in [3.05, 3.63) is 12.3 Å². The SMILES string of the molecule is O[C@H]1CCCN(c2ccnc(N3C[C@@H]4C5CCC(CC5)[C@@H]4C3)n2)C1. The van der Waals surface area contributed by atoms with Crippen molar-refractivity contribution >= 4 is 11.8 Å². The van der Waals surface area contributed by atoms with Gasteiger partial charge in [0.25, 0.3) is 0 Å². The number of piperidine rings is 1. The standard InChI is InChI=1S/C19H28N4O/c24-15-2-1-9-22(10-15)18-7-8-20-19(21-18)23-11-16-13-3-4-14(6-5-13)17(16)12-23/h7-8,13-17,24H,1-6,9-12H2/t13?,14?,15-,16-,17+/m0/s1. The van der Waals surface area contributed by atoms with Crippen LogP contribution >= 0.6 is 0 Å². The lowest BCUT2D eigenvalue weighted by Crippen LogP contribution is -2.39. The van der Waals surface area contributed by atoms with E-state index in [2.05, 4.69) is 14.8 Å². The van der Waals surface area contributed by atoms with Crippen LogP contribution in [-0.4, -0.2) is 47.4 Å². The molecule has 0 radical (unpaired) electrons. The molecule has 1 aromatic heterocycles. The Morgan fingerprint density at radius 2 is 1.62 bits per heavy atom. The van der Waals surface area contributed by atoms with Gasteiger partial charge >= 0.3 is 0 Å². The molecule has 5 nitrogen and oxygen atoms in total. The number of rotatable bonds is 2. The van der Waals surface area contributed by atoms with Gasteiger partial charge in [0.15, 0.2) is 0 Å². The first-order valence-corrected chi connectivity index (χ1v) is 9.79. The third-order valence-electron chi connectivity index (χ3n) is 7.07. The van der Waals surface area contributed by atoms with E-state index in [1.165, 1.54) is 25.7 Å². The third kappa shape index (κ3) is 2.48. The molecule has 5 heteroatoms. The average Bonchev–Trinajstić information content (AvgIpc) is 3.10. The summed E-state index contributed by atoms with van der Waals surface area (Å²) in [4.78, 5) is 14.1. The zero-order valence-corrected chi connectivity index (χ0v) is 14.3. The van der Waals surface area contributed by atoms with E-state index >= 15 is 0 Å². The van der Waals surface area contributed by atoms with Crippen molar-refractivity contribution < 1.29 is 5.11 Å². The molecule has 1 N–H and O–H groups in total. The highest BCUT2D eigenvalue weighted by Crippen LogP contribution is 2.52. The number of aliphatic hydroxyl groups excluding tert-OH is 1. The quantitative estimate of drug-likeness (QED) is 0.903. The first-order chi connectivity index (χ1) is 11.8. The first kappa shape index (κ1) is 14.9. The first-order valence-electron chi connectivity index (χ1n) is 9.79. The number of nitrogens with zero attached hydrogens (tertiary/aromatic N) is 4. The molecule has 3 heterocycles. The summed E-state index contributed by atoms with van der Waals surface area (Å²) >= 11 is 0. The molecular formula is C19H28N4O. The minimum absolute atomic E-state index is 0.220. The second-order valence-electron chi connectivity index (χ2n) is 8.36. The van der Waals surface area contributed by atoms with Crippen LogP contribution in [0, 0.1) is 23.7 Å². The highest BCUT2D eigenvalue weighted by Gasteiger charge is 2.48. The molecule has 1 aromatic rings. The van der Waals surface area contributed by atoms with Crippen LogP contribution in [0.25, 0.3) is 0 Å². The van der Waals surface area contributed by atoms with Crippen LogP contribution in [0.15, 0.2) is 12.3 Å². The fourth-order valence-electron chi connectivity index (χ4n) is 5.85. The van der Waals surface area contributed by atoms with Crippen molar-refractivity contribution in [3.8, 4) is 0 Å². The minimum Gasteiger partial charge on any atom is -0.391 e. The number of hydrogen-bond acceptors (Lipinski definition) is 5. The Morgan fingerprint density at radius 3 is 2.29 bits per heavy atom. The lowest BCUT2D eigenvalue weighted by atomic mass is 9.60. The van der Waals surface area contributed by atoms with Gasteiger partial charge in [0.1, 0.15) is 5.82 Å². The molecule has 6 rings (SSSR count). The van der Waals surface area contributed by atoms with Gasteiger partial charge in [-0.25, -0.2) is 4.98 Å². The molecule has 24 heavy (non-hydrogen) atoms. The van der Waals surface area contributed by atoms with E-state index in [0.717, 1.165) is 67.9 Å². The number of fused-ring (bicyclic) bond motifs is 2. The Bertz CT molecular complexity index is 581. The summed E-state index contributed by atoms with van der Waals surface area (Å²) < 4.78 is 0. The van der Waals surface area contributed by atoms with Crippen molar-refractivity contribution in [3.63, 3.8) is 0 Å². The van der Waals surface area contributed by atoms with Gasteiger partial charge in [-0.05, 0) is 68.3 Å². The van der Waals surface area contributed by atoms with E-state index < -0.39 is 0 Å². The van der Waals surface area contributed by atoms with E-state index in [-0.39, 0.29) is 6.10 Å². The molecule has 3 aliphatic carbocycles. The molecule has 5 aliphatic rings. The fourth-order valence-corrected chi connectivity index (χ4v) is 5.85. The number of hydrogen-bond donors (Lipinski definition) is 1. The normalized spacial score (nSPS) is 38.5. The molecule has 0 aromatic carbocycles. The topological polar surface area (TPSA) is 52.5 Å². The summed E-state index contributed by atoms with van der Waals surface area (Å²) in [5.41, 5.74) is 0. The van der Waals surface area contributed by atoms with E-state index in [0.29, 0.717) is 6.54 Å². The van der Waals surface area contributed by atoms with Gasteiger partial charge < -0.3 is 14.9 Å². The summed E-state index contributed by atoms with van der Waals surface area (Å²) in [6.45, 7) is 3.99. The maximum atomic E-state index is 9.93. The van der Waals surface area contributed by atoms with Gasteiger partial charge in [-0.2, -0.15) is 4.98 Å². The molecule has 2 aliphatic heterocycles. The Hall–Kier alpha value is -1.36. The second kappa shape index (κ2) is 5.87. The monoisotopic (exact) mass is 328 g/mol. The largest absolute Gasteiger partial charge is 0.391 e. The molecule has 2 bridgehead atoms. The van der Waals surface area contributed by atoms with Gasteiger partial charge in [0.2, 0.25) is 5.95 Å². The maximum absolute atomic E-state index is 9.93. The van der Waals surface area contributed by atoms with Crippen molar-refractivity contribution in [2.45, 2.75) is 44.6 Å². The van der Waals surface area contributed by atoms with Crippen LogP contribution in [0.3, 0.4) is 0 Å². The van der Waals surface area contributed by atoms with Crippen molar-refractivity contribution in [1.29, 1.82) is 0 Å². The molecule has 0 amide bonds. The van der Waals surface area contributed by atoms with Crippen molar-refractivity contribution in [2.75, 3.05) is 36.0 Å². The summed E-state index contributed by atoms with van der Waals surface area (Å²) in [6, 6.07) is 1.99. The molecule has 3 atom stereocenters. The van der Waals surface area contributed by atoms with Crippen LogP contribution in [-0.2, 0) is 0 Å². The predicted octanol–water partition coefficient (Wildman–Crippen LogP) is 2.31. The van der Waals surface area contributed by atoms with Crippen molar-refractivity contribution in [1.82, 2.24) is 9.97 Å². The van der Waals surface area contributed by atoms with E-state index in [9.17, 15) is 5.11 Å². The molecular weight excluding hydrogens is 300 g/mol. The maximum Gasteiger partial charge on any atom is 0.227 e. The summed E-state index contributed by atoms with van der Waals surface area (Å²) in [6.07, 6.45) is 9.43. The summed E-state index contributed by atoms with van der Waals surface area (Å²) in [7, 11) is 0. The fraction of sp³-hybridized carbons (Fsp3) is 0.789. The Balaban J connectivity index is 1.35. The molecule has 0 unspecified atom stereocenters. The predicted molar refractivity (Wildman–Crippen MR) is 94.1 cm³/mol. The Labute approximate surface area is 144 Å². The number of anilines is 2. The van der Waals surface area contributed by atoms with E-state index in [1.54, 1.807) is 0 Å².